The van der Waals surface area contributed by atoms with Gasteiger partial charge in [-0.25, -0.2) is 4.79 Å². The third-order valence-corrected chi connectivity index (χ3v) is 5.86. The van der Waals surface area contributed by atoms with Crippen molar-refractivity contribution < 1.29 is 23.1 Å². The van der Waals surface area contributed by atoms with Crippen LogP contribution in [0.1, 0.15) is 39.5 Å². The average Bonchev–Trinajstić information content (AvgIpc) is 3.26. The van der Waals surface area contributed by atoms with E-state index in [1.165, 1.54) is 6.07 Å². The van der Waals surface area contributed by atoms with E-state index in [1.54, 1.807) is 36.0 Å². The van der Waals surface area contributed by atoms with Gasteiger partial charge in [0.2, 0.25) is 0 Å². The Morgan fingerprint density at radius 3 is 2.73 bits per heavy atom. The first kappa shape index (κ1) is 20.7. The summed E-state index contributed by atoms with van der Waals surface area (Å²) in [5.41, 5.74) is 1.58. The molecule has 0 saturated carbocycles. The quantitative estimate of drug-likeness (QED) is 0.628. The van der Waals surface area contributed by atoms with E-state index in [1.807, 2.05) is 0 Å². The van der Waals surface area contributed by atoms with E-state index in [4.69, 9.17) is 11.6 Å². The Morgan fingerprint density at radius 2 is 2.03 bits per heavy atom. The fraction of sp³-hybridized carbons (Fsp3) is 0.333. The van der Waals surface area contributed by atoms with Crippen molar-refractivity contribution in [3.8, 4) is 0 Å². The number of nitrogens with zero attached hydrogens (tertiary/aromatic N) is 3. The first-order chi connectivity index (χ1) is 14.1. The molecule has 0 spiro atoms. The van der Waals surface area contributed by atoms with Crippen LogP contribution in [0.25, 0.3) is 10.9 Å². The number of carboxylic acid groups (broad SMARTS) is 1. The monoisotopic (exact) mass is 437 g/mol. The lowest BCUT2D eigenvalue weighted by Crippen LogP contribution is -2.20. The highest BCUT2D eigenvalue weighted by Gasteiger charge is 2.34. The zero-order chi connectivity index (χ0) is 21.6. The van der Waals surface area contributed by atoms with Crippen LogP contribution in [0.4, 0.5) is 13.2 Å². The summed E-state index contributed by atoms with van der Waals surface area (Å²) in [5, 5.41) is 14.4. The first-order valence-electron chi connectivity index (χ1n) is 9.41. The van der Waals surface area contributed by atoms with Gasteiger partial charge in [-0.3, -0.25) is 9.58 Å². The highest BCUT2D eigenvalue weighted by atomic mass is 35.5. The SMILES string of the molecule is Cn1nc(C2CCN(Cc3ccc(Cl)c(C(F)(F)F)c3)C2)c2ccc(C(=O)O)cc21. The summed E-state index contributed by atoms with van der Waals surface area (Å²) < 4.78 is 41.0. The number of alkyl halides is 3. The largest absolute Gasteiger partial charge is 0.478 e. The predicted molar refractivity (Wildman–Crippen MR) is 107 cm³/mol. The number of benzene rings is 2. The van der Waals surface area contributed by atoms with Crippen molar-refractivity contribution in [3.63, 3.8) is 0 Å². The van der Waals surface area contributed by atoms with Crippen LogP contribution in [0, 0.1) is 0 Å². The van der Waals surface area contributed by atoms with E-state index in [9.17, 15) is 23.1 Å². The summed E-state index contributed by atoms with van der Waals surface area (Å²) in [6.45, 7) is 1.79. The maximum Gasteiger partial charge on any atom is 0.417 e. The number of carbonyl (C=O) groups is 1. The number of carboxylic acids is 1. The lowest BCUT2D eigenvalue weighted by atomic mass is 10.0. The summed E-state index contributed by atoms with van der Waals surface area (Å²) in [4.78, 5) is 13.3. The predicted octanol–water partition coefficient (Wildman–Crippen LogP) is 4.93. The van der Waals surface area contributed by atoms with Crippen LogP contribution in [0.2, 0.25) is 5.02 Å². The molecule has 0 bridgehead atoms. The van der Waals surface area contributed by atoms with Crippen molar-refractivity contribution in [3.05, 3.63) is 63.8 Å². The fourth-order valence-electron chi connectivity index (χ4n) is 4.07. The third-order valence-electron chi connectivity index (χ3n) is 5.53. The van der Waals surface area contributed by atoms with Crippen molar-refractivity contribution >= 4 is 28.5 Å². The van der Waals surface area contributed by atoms with Gasteiger partial charge in [0.15, 0.2) is 0 Å². The smallest absolute Gasteiger partial charge is 0.417 e. The van der Waals surface area contributed by atoms with Gasteiger partial charge < -0.3 is 5.11 Å². The molecule has 5 nitrogen and oxygen atoms in total. The summed E-state index contributed by atoms with van der Waals surface area (Å²) in [5.74, 6) is -0.869. The van der Waals surface area contributed by atoms with Gasteiger partial charge in [0.25, 0.3) is 0 Å². The zero-order valence-corrected chi connectivity index (χ0v) is 16.8. The maximum atomic E-state index is 13.1. The lowest BCUT2D eigenvalue weighted by Gasteiger charge is -2.17. The number of hydrogen-bond donors (Lipinski definition) is 1. The topological polar surface area (TPSA) is 58.4 Å². The molecule has 1 atom stereocenters. The van der Waals surface area contributed by atoms with Gasteiger partial charge in [-0.1, -0.05) is 23.7 Å². The molecule has 158 valence electrons. The molecule has 4 rings (SSSR count). The van der Waals surface area contributed by atoms with E-state index in [-0.39, 0.29) is 16.5 Å². The average molecular weight is 438 g/mol. The Balaban J connectivity index is 1.54. The van der Waals surface area contributed by atoms with Gasteiger partial charge in [0.05, 0.1) is 27.4 Å². The number of rotatable bonds is 4. The van der Waals surface area contributed by atoms with Crippen LogP contribution in [0.3, 0.4) is 0 Å². The van der Waals surface area contributed by atoms with Crippen molar-refractivity contribution in [2.24, 2.45) is 7.05 Å². The molecule has 1 aliphatic rings. The van der Waals surface area contributed by atoms with Crippen molar-refractivity contribution in [1.29, 1.82) is 0 Å². The zero-order valence-electron chi connectivity index (χ0n) is 16.1. The van der Waals surface area contributed by atoms with Crippen LogP contribution in [0.15, 0.2) is 36.4 Å². The van der Waals surface area contributed by atoms with Crippen LogP contribution < -0.4 is 0 Å². The lowest BCUT2D eigenvalue weighted by molar-refractivity contribution is -0.137. The number of halogens is 4. The molecule has 3 aromatic rings. The first-order valence-corrected chi connectivity index (χ1v) is 9.79. The molecule has 0 aliphatic carbocycles. The number of hydrogen-bond acceptors (Lipinski definition) is 3. The van der Waals surface area contributed by atoms with Crippen LogP contribution in [-0.4, -0.2) is 38.8 Å². The van der Waals surface area contributed by atoms with Gasteiger partial charge in [-0.15, -0.1) is 0 Å². The summed E-state index contributed by atoms with van der Waals surface area (Å²) >= 11 is 5.71. The van der Waals surface area contributed by atoms with E-state index in [0.29, 0.717) is 18.7 Å². The standard InChI is InChI=1S/C21H19ClF3N3O2/c1-27-18-9-13(20(29)30)3-4-15(18)19(26-27)14-6-7-28(11-14)10-12-2-5-17(22)16(8-12)21(23,24)25/h2-5,8-9,14H,6-7,10-11H2,1H3,(H,29,30). The Hall–Kier alpha value is -2.58. The van der Waals surface area contributed by atoms with E-state index >= 15 is 0 Å². The van der Waals surface area contributed by atoms with Gasteiger partial charge in [-0.05, 0) is 42.8 Å². The molecule has 9 heteroatoms. The molecular weight excluding hydrogens is 419 g/mol. The van der Waals surface area contributed by atoms with Crippen LogP contribution in [-0.2, 0) is 19.8 Å². The number of fused-ring (bicyclic) bond motifs is 1. The maximum absolute atomic E-state index is 13.1. The minimum Gasteiger partial charge on any atom is -0.478 e. The highest BCUT2D eigenvalue weighted by molar-refractivity contribution is 6.31. The molecule has 30 heavy (non-hydrogen) atoms. The van der Waals surface area contributed by atoms with Crippen molar-refractivity contribution in [2.75, 3.05) is 13.1 Å². The summed E-state index contributed by atoms with van der Waals surface area (Å²) in [7, 11) is 1.77. The second-order valence-electron chi connectivity index (χ2n) is 7.58. The molecule has 0 radical (unpaired) electrons. The molecular formula is C21H19ClF3N3O2. The van der Waals surface area contributed by atoms with Gasteiger partial charge in [0, 0.05) is 31.4 Å². The van der Waals surface area contributed by atoms with Crippen molar-refractivity contribution in [2.45, 2.75) is 25.1 Å². The molecule has 0 amide bonds. The fourth-order valence-corrected chi connectivity index (χ4v) is 4.29. The molecule has 1 N–H and O–H groups in total. The van der Waals surface area contributed by atoms with Crippen LogP contribution in [0.5, 0.6) is 0 Å². The van der Waals surface area contributed by atoms with Gasteiger partial charge in [-0.2, -0.15) is 18.3 Å². The molecule has 2 aromatic carbocycles. The second-order valence-corrected chi connectivity index (χ2v) is 7.99. The molecule has 1 fully saturated rings. The molecule has 1 aliphatic heterocycles. The normalized spacial score (nSPS) is 17.7. The Morgan fingerprint density at radius 1 is 1.27 bits per heavy atom. The van der Waals surface area contributed by atoms with Crippen molar-refractivity contribution in [1.82, 2.24) is 14.7 Å². The molecule has 1 unspecified atom stereocenters. The molecule has 2 heterocycles. The van der Waals surface area contributed by atoms with Gasteiger partial charge in [0.1, 0.15) is 0 Å². The third kappa shape index (κ3) is 3.89. The van der Waals surface area contributed by atoms with Crippen LogP contribution >= 0.6 is 11.6 Å². The minimum atomic E-state index is -4.48. The Labute approximate surface area is 175 Å². The van der Waals surface area contributed by atoms with E-state index in [2.05, 4.69) is 10.00 Å². The summed E-state index contributed by atoms with van der Waals surface area (Å²) in [6.07, 6.45) is -3.66. The Bertz CT molecular complexity index is 1130. The number of aromatic nitrogens is 2. The summed E-state index contributed by atoms with van der Waals surface area (Å²) in [6, 6.07) is 8.97. The van der Waals surface area contributed by atoms with E-state index in [0.717, 1.165) is 35.6 Å². The molecule has 1 aromatic heterocycles. The highest BCUT2D eigenvalue weighted by Crippen LogP contribution is 2.36. The van der Waals surface area contributed by atoms with Gasteiger partial charge >= 0.3 is 12.1 Å². The van der Waals surface area contributed by atoms with E-state index < -0.39 is 17.7 Å². The molecule has 1 saturated heterocycles. The number of likely N-dealkylation sites (tertiary alicyclic amines) is 1. The Kier molecular flexibility index (Phi) is 5.23. The number of aryl methyl sites for hydroxylation is 1. The number of aromatic carboxylic acids is 1. The minimum absolute atomic E-state index is 0.124. The second kappa shape index (κ2) is 7.59.